The van der Waals surface area contributed by atoms with Crippen LogP contribution in [0.4, 0.5) is 16.0 Å². The van der Waals surface area contributed by atoms with Crippen molar-refractivity contribution in [1.29, 1.82) is 0 Å². The van der Waals surface area contributed by atoms with E-state index in [9.17, 15) is 9.18 Å². The highest BCUT2D eigenvalue weighted by Gasteiger charge is 2.27. The van der Waals surface area contributed by atoms with Crippen LogP contribution in [0.1, 0.15) is 12.8 Å². The minimum Gasteiger partial charge on any atom is -0.493 e. The van der Waals surface area contributed by atoms with Gasteiger partial charge < -0.3 is 19.7 Å². The molecule has 0 spiro atoms. The number of hydrogen-bond acceptors (Lipinski definition) is 6. The van der Waals surface area contributed by atoms with Gasteiger partial charge in [0.15, 0.2) is 11.5 Å². The van der Waals surface area contributed by atoms with Crippen molar-refractivity contribution in [2.75, 3.05) is 37.5 Å². The van der Waals surface area contributed by atoms with Crippen molar-refractivity contribution in [1.82, 2.24) is 9.97 Å². The standard InChI is InChI=1S/C24H25FN4O3/c1-31-21-10-9-20(12-22(21)32-2)28-23(30)17-4-3-11-29(15-17)24-26-13-18(14-27-24)16-5-7-19(25)8-6-16/h5-10,12-14,17H,3-4,11,15H2,1-2H3,(H,28,30)/t17-/m1/s1. The van der Waals surface area contributed by atoms with Gasteiger partial charge >= 0.3 is 0 Å². The van der Waals surface area contributed by atoms with Crippen LogP contribution in [0.15, 0.2) is 54.9 Å². The molecule has 1 amide bonds. The molecule has 7 nitrogen and oxygen atoms in total. The van der Waals surface area contributed by atoms with Crippen molar-refractivity contribution < 1.29 is 18.7 Å². The van der Waals surface area contributed by atoms with Crippen LogP contribution in [0.2, 0.25) is 0 Å². The molecule has 1 atom stereocenters. The number of piperidine rings is 1. The van der Waals surface area contributed by atoms with Gasteiger partial charge in [-0.15, -0.1) is 0 Å². The number of anilines is 2. The highest BCUT2D eigenvalue weighted by Crippen LogP contribution is 2.30. The molecule has 166 valence electrons. The highest BCUT2D eigenvalue weighted by atomic mass is 19.1. The Labute approximate surface area is 186 Å². The Morgan fingerprint density at radius 1 is 1.03 bits per heavy atom. The molecule has 2 aromatic carbocycles. The normalized spacial score (nSPS) is 15.8. The number of nitrogens with zero attached hydrogens (tertiary/aromatic N) is 3. The fraction of sp³-hybridized carbons (Fsp3) is 0.292. The van der Waals surface area contributed by atoms with Crippen molar-refractivity contribution in [3.05, 3.63) is 60.7 Å². The molecule has 1 saturated heterocycles. The average molecular weight is 436 g/mol. The van der Waals surface area contributed by atoms with Crippen LogP contribution >= 0.6 is 0 Å². The molecule has 2 heterocycles. The summed E-state index contributed by atoms with van der Waals surface area (Å²) >= 11 is 0. The summed E-state index contributed by atoms with van der Waals surface area (Å²) in [7, 11) is 3.13. The number of rotatable bonds is 6. The second-order valence-corrected chi connectivity index (χ2v) is 7.62. The molecule has 1 aromatic heterocycles. The predicted octanol–water partition coefficient (Wildman–Crippen LogP) is 4.16. The van der Waals surface area contributed by atoms with Crippen molar-refractivity contribution in [3.8, 4) is 22.6 Å². The lowest BCUT2D eigenvalue weighted by Gasteiger charge is -2.32. The van der Waals surface area contributed by atoms with E-state index >= 15 is 0 Å². The summed E-state index contributed by atoms with van der Waals surface area (Å²) in [6.45, 7) is 1.32. The quantitative estimate of drug-likeness (QED) is 0.626. The lowest BCUT2D eigenvalue weighted by atomic mass is 9.97. The Morgan fingerprint density at radius 3 is 2.44 bits per heavy atom. The molecule has 1 fully saturated rings. The van der Waals surface area contributed by atoms with Crippen LogP contribution in [0, 0.1) is 11.7 Å². The number of halogens is 1. The lowest BCUT2D eigenvalue weighted by molar-refractivity contribution is -0.120. The van der Waals surface area contributed by atoms with Crippen LogP contribution in [0.3, 0.4) is 0 Å². The molecule has 0 radical (unpaired) electrons. The van der Waals surface area contributed by atoms with E-state index in [1.54, 1.807) is 56.9 Å². The fourth-order valence-electron chi connectivity index (χ4n) is 3.81. The van der Waals surface area contributed by atoms with E-state index in [-0.39, 0.29) is 17.6 Å². The highest BCUT2D eigenvalue weighted by molar-refractivity contribution is 5.93. The molecule has 0 aliphatic carbocycles. The molecule has 1 aliphatic rings. The Kier molecular flexibility index (Phi) is 6.49. The van der Waals surface area contributed by atoms with Crippen LogP contribution in [0.25, 0.3) is 11.1 Å². The Hall–Kier alpha value is -3.68. The first kappa shape index (κ1) is 21.5. The van der Waals surface area contributed by atoms with Gasteiger partial charge in [0.05, 0.1) is 20.1 Å². The average Bonchev–Trinajstić information content (AvgIpc) is 2.84. The fourth-order valence-corrected chi connectivity index (χ4v) is 3.81. The zero-order valence-electron chi connectivity index (χ0n) is 18.0. The zero-order valence-corrected chi connectivity index (χ0v) is 18.0. The van der Waals surface area contributed by atoms with E-state index in [1.165, 1.54) is 12.1 Å². The first-order chi connectivity index (χ1) is 15.6. The number of carbonyl (C=O) groups excluding carboxylic acids is 1. The van der Waals surface area contributed by atoms with Gasteiger partial charge in [-0.05, 0) is 42.7 Å². The maximum atomic E-state index is 13.1. The molecule has 0 saturated carbocycles. The topological polar surface area (TPSA) is 76.6 Å². The Balaban J connectivity index is 1.41. The maximum Gasteiger partial charge on any atom is 0.229 e. The maximum absolute atomic E-state index is 13.1. The molecular weight excluding hydrogens is 411 g/mol. The van der Waals surface area contributed by atoms with Crippen molar-refractivity contribution in [2.24, 2.45) is 5.92 Å². The molecule has 1 N–H and O–H groups in total. The van der Waals surface area contributed by atoms with Gasteiger partial charge in [0.25, 0.3) is 0 Å². The van der Waals surface area contributed by atoms with Gasteiger partial charge in [-0.1, -0.05) is 12.1 Å². The summed E-state index contributed by atoms with van der Waals surface area (Å²) in [6.07, 6.45) is 5.11. The Morgan fingerprint density at radius 2 is 1.75 bits per heavy atom. The first-order valence-electron chi connectivity index (χ1n) is 10.4. The Bertz CT molecular complexity index is 1070. The number of hydrogen-bond donors (Lipinski definition) is 1. The zero-order chi connectivity index (χ0) is 22.5. The number of nitrogens with one attached hydrogen (secondary N) is 1. The predicted molar refractivity (Wildman–Crippen MR) is 121 cm³/mol. The van der Waals surface area contributed by atoms with E-state index in [1.807, 2.05) is 4.90 Å². The van der Waals surface area contributed by atoms with Gasteiger partial charge in [-0.3, -0.25) is 4.79 Å². The largest absolute Gasteiger partial charge is 0.493 e. The molecule has 3 aromatic rings. The van der Waals surface area contributed by atoms with Crippen molar-refractivity contribution >= 4 is 17.5 Å². The molecular formula is C24H25FN4O3. The number of aromatic nitrogens is 2. The third-order valence-electron chi connectivity index (χ3n) is 5.54. The number of amides is 1. The van der Waals surface area contributed by atoms with Gasteiger partial charge in [0.2, 0.25) is 11.9 Å². The van der Waals surface area contributed by atoms with Crippen LogP contribution in [-0.4, -0.2) is 43.2 Å². The molecule has 1 aliphatic heterocycles. The second-order valence-electron chi connectivity index (χ2n) is 7.62. The third-order valence-corrected chi connectivity index (χ3v) is 5.54. The molecule has 4 rings (SSSR count). The number of benzene rings is 2. The molecule has 8 heteroatoms. The molecule has 0 unspecified atom stereocenters. The monoisotopic (exact) mass is 436 g/mol. The lowest BCUT2D eigenvalue weighted by Crippen LogP contribution is -2.41. The summed E-state index contributed by atoms with van der Waals surface area (Å²) in [5, 5.41) is 2.97. The van der Waals surface area contributed by atoms with Crippen molar-refractivity contribution in [3.63, 3.8) is 0 Å². The van der Waals surface area contributed by atoms with Gasteiger partial charge in [-0.2, -0.15) is 0 Å². The summed E-state index contributed by atoms with van der Waals surface area (Å²) < 4.78 is 23.7. The summed E-state index contributed by atoms with van der Waals surface area (Å²) in [5.41, 5.74) is 2.32. The smallest absolute Gasteiger partial charge is 0.229 e. The van der Waals surface area contributed by atoms with Gasteiger partial charge in [0, 0.05) is 42.8 Å². The summed E-state index contributed by atoms with van der Waals surface area (Å²) in [4.78, 5) is 23.9. The number of ether oxygens (including phenoxy) is 2. The van der Waals surface area contributed by atoms with Crippen LogP contribution < -0.4 is 19.7 Å². The minimum absolute atomic E-state index is 0.0511. The SMILES string of the molecule is COc1ccc(NC(=O)[C@@H]2CCCN(c3ncc(-c4ccc(F)cc4)cn3)C2)cc1OC. The molecule has 0 bridgehead atoms. The minimum atomic E-state index is -0.281. The third kappa shape index (κ3) is 4.80. The van der Waals surface area contributed by atoms with Gasteiger partial charge in [-0.25, -0.2) is 14.4 Å². The van der Waals surface area contributed by atoms with Crippen LogP contribution in [0.5, 0.6) is 11.5 Å². The summed E-state index contributed by atoms with van der Waals surface area (Å²) in [5.74, 6) is 1.24. The van der Waals surface area contributed by atoms with Crippen molar-refractivity contribution in [2.45, 2.75) is 12.8 Å². The van der Waals surface area contributed by atoms with Gasteiger partial charge in [0.1, 0.15) is 5.82 Å². The van der Waals surface area contributed by atoms with E-state index in [4.69, 9.17) is 9.47 Å². The second kappa shape index (κ2) is 9.64. The number of methoxy groups -OCH3 is 2. The number of carbonyl (C=O) groups is 1. The van der Waals surface area contributed by atoms with E-state index in [0.29, 0.717) is 29.7 Å². The van der Waals surface area contributed by atoms with E-state index < -0.39 is 0 Å². The van der Waals surface area contributed by atoms with E-state index in [0.717, 1.165) is 30.5 Å². The summed E-state index contributed by atoms with van der Waals surface area (Å²) in [6, 6.07) is 11.5. The van der Waals surface area contributed by atoms with Crippen LogP contribution in [-0.2, 0) is 4.79 Å². The first-order valence-corrected chi connectivity index (χ1v) is 10.4. The van der Waals surface area contributed by atoms with E-state index in [2.05, 4.69) is 15.3 Å². The molecule has 32 heavy (non-hydrogen) atoms.